The van der Waals surface area contributed by atoms with E-state index in [2.05, 4.69) is 10.6 Å². The molecule has 1 aliphatic heterocycles. The number of nitrogens with one attached hydrogen (secondary N) is 2. The summed E-state index contributed by atoms with van der Waals surface area (Å²) in [7, 11) is 1.87. The molecule has 2 amide bonds. The van der Waals surface area contributed by atoms with Gasteiger partial charge >= 0.3 is 0 Å². The van der Waals surface area contributed by atoms with Crippen molar-refractivity contribution in [2.24, 2.45) is 0 Å². The number of amides is 2. The van der Waals surface area contributed by atoms with E-state index in [-0.39, 0.29) is 24.3 Å². The van der Waals surface area contributed by atoms with Crippen LogP contribution in [0.1, 0.15) is 38.5 Å². The van der Waals surface area contributed by atoms with Gasteiger partial charge in [-0.1, -0.05) is 19.3 Å². The quantitative estimate of drug-likeness (QED) is 0.758. The zero-order chi connectivity index (χ0) is 13.0. The van der Waals surface area contributed by atoms with E-state index in [0.29, 0.717) is 12.6 Å². The second-order valence-corrected chi connectivity index (χ2v) is 5.30. The Labute approximate surface area is 108 Å². The van der Waals surface area contributed by atoms with Crippen molar-refractivity contribution in [1.29, 1.82) is 0 Å². The van der Waals surface area contributed by atoms with Crippen molar-refractivity contribution in [3.8, 4) is 0 Å². The number of hydrogen-bond acceptors (Lipinski definition) is 3. The molecule has 5 heteroatoms. The first-order valence-electron chi connectivity index (χ1n) is 6.95. The molecule has 102 valence electrons. The molecule has 0 bridgehead atoms. The molecule has 2 aliphatic rings. The van der Waals surface area contributed by atoms with Crippen molar-refractivity contribution in [1.82, 2.24) is 15.5 Å². The highest BCUT2D eigenvalue weighted by Crippen LogP contribution is 2.22. The molecule has 1 atom stereocenters. The topological polar surface area (TPSA) is 61.4 Å². The molecule has 0 aromatic rings. The van der Waals surface area contributed by atoms with E-state index >= 15 is 0 Å². The summed E-state index contributed by atoms with van der Waals surface area (Å²) in [5.41, 5.74) is 0. The van der Waals surface area contributed by atoms with E-state index < -0.39 is 0 Å². The molecule has 1 heterocycles. The summed E-state index contributed by atoms with van der Waals surface area (Å²) in [5.74, 6) is 0.0306. The molecule has 2 rings (SSSR count). The third-order valence-corrected chi connectivity index (χ3v) is 4.03. The molecule has 1 saturated heterocycles. The van der Waals surface area contributed by atoms with Gasteiger partial charge in [0, 0.05) is 26.2 Å². The normalized spacial score (nSPS) is 25.6. The van der Waals surface area contributed by atoms with Crippen LogP contribution in [-0.2, 0) is 9.59 Å². The van der Waals surface area contributed by atoms with E-state index in [4.69, 9.17) is 0 Å². The van der Waals surface area contributed by atoms with Gasteiger partial charge in [-0.25, -0.2) is 0 Å². The Balaban J connectivity index is 1.84. The smallest absolute Gasteiger partial charge is 0.237 e. The van der Waals surface area contributed by atoms with Gasteiger partial charge in [0.15, 0.2) is 0 Å². The van der Waals surface area contributed by atoms with Gasteiger partial charge in [-0.15, -0.1) is 0 Å². The zero-order valence-corrected chi connectivity index (χ0v) is 11.1. The molecular formula is C13H23N3O2. The lowest BCUT2D eigenvalue weighted by molar-refractivity contribution is -0.136. The summed E-state index contributed by atoms with van der Waals surface area (Å²) in [6.45, 7) is 1.40. The van der Waals surface area contributed by atoms with Crippen LogP contribution in [0.2, 0.25) is 0 Å². The van der Waals surface area contributed by atoms with Crippen LogP contribution in [0.4, 0.5) is 0 Å². The van der Waals surface area contributed by atoms with Gasteiger partial charge in [-0.3, -0.25) is 9.59 Å². The highest BCUT2D eigenvalue weighted by atomic mass is 16.2. The van der Waals surface area contributed by atoms with Crippen molar-refractivity contribution < 1.29 is 9.59 Å². The molecule has 0 radical (unpaired) electrons. The van der Waals surface area contributed by atoms with Crippen LogP contribution in [-0.4, -0.2) is 48.9 Å². The highest BCUT2D eigenvalue weighted by Gasteiger charge is 2.28. The van der Waals surface area contributed by atoms with Gasteiger partial charge in [0.05, 0.1) is 12.5 Å². The summed E-state index contributed by atoms with van der Waals surface area (Å²) < 4.78 is 0. The van der Waals surface area contributed by atoms with Crippen molar-refractivity contribution in [3.63, 3.8) is 0 Å². The Morgan fingerprint density at radius 3 is 2.67 bits per heavy atom. The first-order chi connectivity index (χ1) is 8.68. The van der Waals surface area contributed by atoms with Gasteiger partial charge in [0.2, 0.25) is 11.8 Å². The van der Waals surface area contributed by atoms with Crippen LogP contribution in [0.25, 0.3) is 0 Å². The molecule has 0 aromatic heterocycles. The molecule has 0 spiro atoms. The maximum absolute atomic E-state index is 12.2. The Kier molecular flexibility index (Phi) is 4.58. The third-order valence-electron chi connectivity index (χ3n) is 4.03. The summed E-state index contributed by atoms with van der Waals surface area (Å²) in [6, 6.07) is 0.0233. The van der Waals surface area contributed by atoms with Crippen LogP contribution < -0.4 is 10.6 Å². The summed E-state index contributed by atoms with van der Waals surface area (Å²) >= 11 is 0. The minimum absolute atomic E-state index is 0.0494. The Hall–Kier alpha value is -1.10. The fourth-order valence-electron chi connectivity index (χ4n) is 2.80. The van der Waals surface area contributed by atoms with E-state index in [0.717, 1.165) is 19.4 Å². The monoisotopic (exact) mass is 253 g/mol. The minimum Gasteiger partial charge on any atom is -0.353 e. The molecular weight excluding hydrogens is 230 g/mol. The average molecular weight is 253 g/mol. The third kappa shape index (κ3) is 3.22. The summed E-state index contributed by atoms with van der Waals surface area (Å²) in [4.78, 5) is 25.6. The van der Waals surface area contributed by atoms with Gasteiger partial charge in [0.25, 0.3) is 0 Å². The van der Waals surface area contributed by atoms with E-state index in [9.17, 15) is 9.59 Å². The molecule has 18 heavy (non-hydrogen) atoms. The lowest BCUT2D eigenvalue weighted by atomic mass is 9.94. The van der Waals surface area contributed by atoms with Gasteiger partial charge in [-0.05, 0) is 12.8 Å². The van der Waals surface area contributed by atoms with Crippen molar-refractivity contribution in [2.75, 3.05) is 20.1 Å². The maximum Gasteiger partial charge on any atom is 0.237 e. The SMILES string of the molecule is CN(C(=O)CC1NCCNC1=O)C1CCCCC1. The van der Waals surface area contributed by atoms with Crippen LogP contribution in [0.15, 0.2) is 0 Å². The standard InChI is InChI=1S/C13H23N3O2/c1-16(10-5-3-2-4-6-10)12(17)9-11-13(18)15-8-7-14-11/h10-11,14H,2-9H2,1H3,(H,15,18). The van der Waals surface area contributed by atoms with Crippen molar-refractivity contribution >= 4 is 11.8 Å². The molecule has 2 fully saturated rings. The number of hydrogen-bond donors (Lipinski definition) is 2. The fourth-order valence-corrected chi connectivity index (χ4v) is 2.80. The molecule has 1 unspecified atom stereocenters. The Bertz CT molecular complexity index is 313. The minimum atomic E-state index is -0.350. The van der Waals surface area contributed by atoms with Crippen LogP contribution >= 0.6 is 0 Å². The molecule has 0 aromatic carbocycles. The summed E-state index contributed by atoms with van der Waals surface area (Å²) in [5, 5.41) is 5.88. The molecule has 2 N–H and O–H groups in total. The van der Waals surface area contributed by atoms with Crippen molar-refractivity contribution in [3.05, 3.63) is 0 Å². The number of rotatable bonds is 3. The Morgan fingerprint density at radius 2 is 2.00 bits per heavy atom. The first-order valence-corrected chi connectivity index (χ1v) is 6.95. The number of carbonyl (C=O) groups is 2. The zero-order valence-electron chi connectivity index (χ0n) is 11.1. The number of nitrogens with zero attached hydrogens (tertiary/aromatic N) is 1. The second-order valence-electron chi connectivity index (χ2n) is 5.30. The first kappa shape index (κ1) is 13.3. The molecule has 5 nitrogen and oxygen atoms in total. The lowest BCUT2D eigenvalue weighted by Crippen LogP contribution is -2.54. The predicted molar refractivity (Wildman–Crippen MR) is 69.1 cm³/mol. The second kappa shape index (κ2) is 6.18. The van der Waals surface area contributed by atoms with E-state index in [1.54, 1.807) is 0 Å². The fraction of sp³-hybridized carbons (Fsp3) is 0.846. The largest absolute Gasteiger partial charge is 0.353 e. The average Bonchev–Trinajstić information content (AvgIpc) is 2.41. The lowest BCUT2D eigenvalue weighted by Gasteiger charge is -2.32. The van der Waals surface area contributed by atoms with E-state index in [1.807, 2.05) is 11.9 Å². The van der Waals surface area contributed by atoms with Crippen molar-refractivity contribution in [2.45, 2.75) is 50.6 Å². The molecule has 1 aliphatic carbocycles. The molecule has 1 saturated carbocycles. The van der Waals surface area contributed by atoms with Gasteiger partial charge in [-0.2, -0.15) is 0 Å². The Morgan fingerprint density at radius 1 is 1.28 bits per heavy atom. The highest BCUT2D eigenvalue weighted by molar-refractivity contribution is 5.88. The van der Waals surface area contributed by atoms with E-state index in [1.165, 1.54) is 19.3 Å². The maximum atomic E-state index is 12.2. The summed E-state index contributed by atoms with van der Waals surface area (Å²) in [6.07, 6.45) is 6.19. The van der Waals surface area contributed by atoms with Crippen LogP contribution in [0.5, 0.6) is 0 Å². The number of piperazine rings is 1. The number of carbonyl (C=O) groups excluding carboxylic acids is 2. The van der Waals surface area contributed by atoms with Gasteiger partial charge in [0.1, 0.15) is 0 Å². The predicted octanol–water partition coefficient (Wildman–Crippen LogP) is 0.256. The van der Waals surface area contributed by atoms with Crippen LogP contribution in [0, 0.1) is 0 Å². The van der Waals surface area contributed by atoms with Crippen LogP contribution in [0.3, 0.4) is 0 Å². The van der Waals surface area contributed by atoms with Gasteiger partial charge < -0.3 is 15.5 Å².